The van der Waals surface area contributed by atoms with Crippen LogP contribution in [0.25, 0.3) is 10.9 Å². The number of carbonyl (C=O) groups excluding carboxylic acids is 1. The highest BCUT2D eigenvalue weighted by Crippen LogP contribution is 2.24. The summed E-state index contributed by atoms with van der Waals surface area (Å²) in [6.07, 6.45) is 3.74. The van der Waals surface area contributed by atoms with E-state index in [2.05, 4.69) is 25.2 Å². The van der Waals surface area contributed by atoms with E-state index in [0.717, 1.165) is 23.7 Å². The molecule has 1 atom stereocenters. The quantitative estimate of drug-likeness (QED) is 0.922. The molecule has 1 aliphatic rings. The Labute approximate surface area is 125 Å². The Morgan fingerprint density at radius 2 is 2.19 bits per heavy atom. The van der Waals surface area contributed by atoms with Crippen LogP contribution in [0.4, 0.5) is 0 Å². The Morgan fingerprint density at radius 3 is 2.95 bits per heavy atom. The minimum Gasteiger partial charge on any atom is -0.375 e. The van der Waals surface area contributed by atoms with E-state index < -0.39 is 0 Å². The van der Waals surface area contributed by atoms with Gasteiger partial charge in [0.25, 0.3) is 5.91 Å². The zero-order valence-electron chi connectivity index (χ0n) is 12.8. The van der Waals surface area contributed by atoms with Crippen LogP contribution in [-0.2, 0) is 11.8 Å². The van der Waals surface area contributed by atoms with Crippen molar-refractivity contribution >= 4 is 16.8 Å². The zero-order chi connectivity index (χ0) is 15.0. The molecule has 1 fully saturated rings. The second-order valence-corrected chi connectivity index (χ2v) is 6.47. The minimum absolute atomic E-state index is 0.000741. The fourth-order valence-electron chi connectivity index (χ4n) is 3.03. The van der Waals surface area contributed by atoms with E-state index in [4.69, 9.17) is 4.74 Å². The summed E-state index contributed by atoms with van der Waals surface area (Å²) in [5, 5.41) is 4.29. The fourth-order valence-corrected chi connectivity index (χ4v) is 3.03. The van der Waals surface area contributed by atoms with Crippen molar-refractivity contribution in [2.45, 2.75) is 38.3 Å². The largest absolute Gasteiger partial charge is 0.375 e. The third-order valence-electron chi connectivity index (χ3n) is 4.18. The molecule has 1 N–H and O–H groups in total. The number of rotatable bonds is 2. The Kier molecular flexibility index (Phi) is 3.49. The van der Waals surface area contributed by atoms with Gasteiger partial charge in [0.05, 0.1) is 5.60 Å². The van der Waals surface area contributed by atoms with Gasteiger partial charge in [-0.1, -0.05) is 6.07 Å². The molecule has 2 heterocycles. The molecule has 1 aromatic heterocycles. The van der Waals surface area contributed by atoms with Crippen molar-refractivity contribution < 1.29 is 9.53 Å². The van der Waals surface area contributed by atoms with Gasteiger partial charge in [0, 0.05) is 37.0 Å². The number of amides is 1. The van der Waals surface area contributed by atoms with Crippen LogP contribution in [0.5, 0.6) is 0 Å². The first-order valence-corrected chi connectivity index (χ1v) is 7.44. The zero-order valence-corrected chi connectivity index (χ0v) is 12.8. The topological polar surface area (TPSA) is 43.3 Å². The standard InChI is InChI=1S/C17H22N2O2/c1-17(2)11-14(7-9-21-17)18-16(20)13-5-4-12-6-8-19(3)15(12)10-13/h4-6,8,10,14H,7,9,11H2,1-3H3,(H,18,20)/t14-/m1/s1. The molecular formula is C17H22N2O2. The predicted molar refractivity (Wildman–Crippen MR) is 83.4 cm³/mol. The molecule has 112 valence electrons. The van der Waals surface area contributed by atoms with Crippen molar-refractivity contribution in [2.75, 3.05) is 6.61 Å². The van der Waals surface area contributed by atoms with E-state index in [1.54, 1.807) is 0 Å². The smallest absolute Gasteiger partial charge is 0.251 e. The molecule has 0 unspecified atom stereocenters. The SMILES string of the molecule is Cn1ccc2ccc(C(=O)N[C@@H]3CCOC(C)(C)C3)cc21. The van der Waals surface area contributed by atoms with Crippen LogP contribution in [0.2, 0.25) is 0 Å². The number of hydrogen-bond donors (Lipinski definition) is 1. The number of ether oxygens (including phenoxy) is 1. The summed E-state index contributed by atoms with van der Waals surface area (Å²) in [4.78, 5) is 12.4. The van der Waals surface area contributed by atoms with Crippen LogP contribution in [0.3, 0.4) is 0 Å². The second-order valence-electron chi connectivity index (χ2n) is 6.47. The van der Waals surface area contributed by atoms with Gasteiger partial charge in [0.2, 0.25) is 0 Å². The molecule has 0 bridgehead atoms. The van der Waals surface area contributed by atoms with Gasteiger partial charge >= 0.3 is 0 Å². The van der Waals surface area contributed by atoms with Gasteiger partial charge in [0.1, 0.15) is 0 Å². The monoisotopic (exact) mass is 286 g/mol. The van der Waals surface area contributed by atoms with E-state index >= 15 is 0 Å². The third-order valence-corrected chi connectivity index (χ3v) is 4.18. The number of aryl methyl sites for hydroxylation is 1. The maximum atomic E-state index is 12.4. The first-order valence-electron chi connectivity index (χ1n) is 7.44. The lowest BCUT2D eigenvalue weighted by Crippen LogP contribution is -2.45. The third kappa shape index (κ3) is 2.95. The van der Waals surface area contributed by atoms with Crippen LogP contribution in [0.15, 0.2) is 30.5 Å². The van der Waals surface area contributed by atoms with Crippen LogP contribution < -0.4 is 5.32 Å². The maximum Gasteiger partial charge on any atom is 0.251 e. The Balaban J connectivity index is 1.76. The number of hydrogen-bond acceptors (Lipinski definition) is 2. The van der Waals surface area contributed by atoms with Gasteiger partial charge < -0.3 is 14.6 Å². The second kappa shape index (κ2) is 5.19. The highest BCUT2D eigenvalue weighted by atomic mass is 16.5. The van der Waals surface area contributed by atoms with E-state index in [9.17, 15) is 4.79 Å². The molecule has 2 aromatic rings. The number of carbonyl (C=O) groups is 1. The van der Waals surface area contributed by atoms with Gasteiger partial charge in [-0.15, -0.1) is 0 Å². The van der Waals surface area contributed by atoms with Gasteiger partial charge in [-0.05, 0) is 50.3 Å². The molecule has 1 aliphatic heterocycles. The highest BCUT2D eigenvalue weighted by Gasteiger charge is 2.29. The number of nitrogens with one attached hydrogen (secondary N) is 1. The maximum absolute atomic E-state index is 12.4. The molecule has 0 aliphatic carbocycles. The highest BCUT2D eigenvalue weighted by molar-refractivity contribution is 5.98. The summed E-state index contributed by atoms with van der Waals surface area (Å²) >= 11 is 0. The number of nitrogens with zero attached hydrogens (tertiary/aromatic N) is 1. The molecule has 0 spiro atoms. The van der Waals surface area contributed by atoms with Gasteiger partial charge in [-0.3, -0.25) is 4.79 Å². The Bertz CT molecular complexity index is 672. The minimum atomic E-state index is -0.154. The molecule has 0 radical (unpaired) electrons. The lowest BCUT2D eigenvalue weighted by atomic mass is 9.93. The normalized spacial score (nSPS) is 21.4. The summed E-state index contributed by atoms with van der Waals surface area (Å²) < 4.78 is 7.72. The van der Waals surface area contributed by atoms with Crippen LogP contribution in [0, 0.1) is 0 Å². The molecule has 1 amide bonds. The predicted octanol–water partition coefficient (Wildman–Crippen LogP) is 2.87. The fraction of sp³-hybridized carbons (Fsp3) is 0.471. The first-order chi connectivity index (χ1) is 9.94. The first kappa shape index (κ1) is 14.1. The lowest BCUT2D eigenvalue weighted by molar-refractivity contribution is -0.0615. The van der Waals surface area contributed by atoms with E-state index in [1.165, 1.54) is 0 Å². The Hall–Kier alpha value is -1.81. The van der Waals surface area contributed by atoms with Gasteiger partial charge in [-0.2, -0.15) is 0 Å². The van der Waals surface area contributed by atoms with E-state index in [1.807, 2.05) is 36.0 Å². The number of benzene rings is 1. The Morgan fingerprint density at radius 1 is 1.38 bits per heavy atom. The molecule has 4 heteroatoms. The lowest BCUT2D eigenvalue weighted by Gasteiger charge is -2.35. The van der Waals surface area contributed by atoms with Crippen LogP contribution >= 0.6 is 0 Å². The van der Waals surface area contributed by atoms with Crippen molar-refractivity contribution in [3.63, 3.8) is 0 Å². The summed E-state index contributed by atoms with van der Waals surface area (Å²) in [7, 11) is 1.99. The molecular weight excluding hydrogens is 264 g/mol. The molecule has 4 nitrogen and oxygen atoms in total. The van der Waals surface area contributed by atoms with E-state index in [-0.39, 0.29) is 17.6 Å². The molecule has 3 rings (SSSR count). The molecule has 1 aromatic carbocycles. The van der Waals surface area contributed by atoms with Crippen molar-refractivity contribution in [2.24, 2.45) is 7.05 Å². The van der Waals surface area contributed by atoms with Crippen LogP contribution in [0.1, 0.15) is 37.0 Å². The molecule has 0 saturated carbocycles. The van der Waals surface area contributed by atoms with Crippen molar-refractivity contribution in [3.05, 3.63) is 36.0 Å². The van der Waals surface area contributed by atoms with E-state index in [0.29, 0.717) is 12.2 Å². The van der Waals surface area contributed by atoms with Gasteiger partial charge in [0.15, 0.2) is 0 Å². The van der Waals surface area contributed by atoms with Crippen molar-refractivity contribution in [1.82, 2.24) is 9.88 Å². The van der Waals surface area contributed by atoms with Crippen LogP contribution in [-0.4, -0.2) is 28.7 Å². The average Bonchev–Trinajstić information content (AvgIpc) is 2.79. The van der Waals surface area contributed by atoms with Gasteiger partial charge in [-0.25, -0.2) is 0 Å². The van der Waals surface area contributed by atoms with Crippen molar-refractivity contribution in [1.29, 1.82) is 0 Å². The number of aromatic nitrogens is 1. The molecule has 1 saturated heterocycles. The summed E-state index contributed by atoms with van der Waals surface area (Å²) in [6.45, 7) is 4.84. The molecule has 21 heavy (non-hydrogen) atoms. The average molecular weight is 286 g/mol. The summed E-state index contributed by atoms with van der Waals surface area (Å²) in [5.41, 5.74) is 1.64. The van der Waals surface area contributed by atoms with Crippen molar-refractivity contribution in [3.8, 4) is 0 Å². The summed E-state index contributed by atoms with van der Waals surface area (Å²) in [6, 6.07) is 8.08. The number of fused-ring (bicyclic) bond motifs is 1. The summed E-state index contributed by atoms with van der Waals surface area (Å²) in [5.74, 6) is 0.000741.